The average Bonchev–Trinajstić information content (AvgIpc) is 3.30. The molecule has 4 aromatic heterocycles. The number of nitrogens with zero attached hydrogens (tertiary/aromatic N) is 6. The Bertz CT molecular complexity index is 1550. The van der Waals surface area contributed by atoms with Gasteiger partial charge in [0, 0.05) is 35.8 Å². The Balaban J connectivity index is 1.45. The van der Waals surface area contributed by atoms with Crippen LogP contribution < -0.4 is 5.84 Å². The fourth-order valence-electron chi connectivity index (χ4n) is 3.97. The molecule has 0 saturated heterocycles. The summed E-state index contributed by atoms with van der Waals surface area (Å²) in [6, 6.07) is 8.49. The molecule has 1 aromatic carbocycles. The lowest BCUT2D eigenvalue weighted by Crippen LogP contribution is -2.36. The molecule has 0 aliphatic carbocycles. The summed E-state index contributed by atoms with van der Waals surface area (Å²) in [5.41, 5.74) is 2.59. The molecule has 4 heterocycles. The standard InChI is InChI=1S/C22H18F3N7O/c1-12-18-10-27-19-4-3-13(7-17(19)20(18)30(2)28-12)21(33)31(26)11-15-9-16-8-14(22(23,24)25)5-6-32(16)29-15/h3-10H,11,26H2,1-2H3. The van der Waals surface area contributed by atoms with Crippen LogP contribution in [0.25, 0.3) is 27.3 Å². The summed E-state index contributed by atoms with van der Waals surface area (Å²) in [7, 11) is 1.83. The first-order valence-electron chi connectivity index (χ1n) is 9.96. The third-order valence-corrected chi connectivity index (χ3v) is 5.53. The van der Waals surface area contributed by atoms with Crippen LogP contribution >= 0.6 is 0 Å². The molecule has 33 heavy (non-hydrogen) atoms. The summed E-state index contributed by atoms with van der Waals surface area (Å²) < 4.78 is 41.9. The Morgan fingerprint density at radius 2 is 1.91 bits per heavy atom. The Labute approximate surface area is 185 Å². The molecule has 0 saturated carbocycles. The van der Waals surface area contributed by atoms with Gasteiger partial charge in [-0.1, -0.05) is 0 Å². The third-order valence-electron chi connectivity index (χ3n) is 5.53. The Morgan fingerprint density at radius 1 is 1.12 bits per heavy atom. The van der Waals surface area contributed by atoms with Crippen molar-refractivity contribution in [3.8, 4) is 0 Å². The normalized spacial score (nSPS) is 12.2. The molecule has 0 spiro atoms. The Morgan fingerprint density at radius 3 is 2.67 bits per heavy atom. The van der Waals surface area contributed by atoms with Crippen molar-refractivity contribution in [2.75, 3.05) is 0 Å². The van der Waals surface area contributed by atoms with E-state index in [1.54, 1.807) is 29.1 Å². The van der Waals surface area contributed by atoms with Gasteiger partial charge in [0.25, 0.3) is 5.91 Å². The van der Waals surface area contributed by atoms with E-state index in [2.05, 4.69) is 15.2 Å². The summed E-state index contributed by atoms with van der Waals surface area (Å²) >= 11 is 0. The SMILES string of the molecule is Cc1nn(C)c2c1cnc1ccc(C(=O)N(N)Cc3cc4cc(C(F)(F)F)ccn4n3)cc12. The predicted molar refractivity (Wildman–Crippen MR) is 115 cm³/mol. The number of hydrazine groups is 1. The van der Waals surface area contributed by atoms with E-state index < -0.39 is 17.6 Å². The highest BCUT2D eigenvalue weighted by Gasteiger charge is 2.30. The fourth-order valence-corrected chi connectivity index (χ4v) is 3.97. The summed E-state index contributed by atoms with van der Waals surface area (Å²) in [5.74, 6) is 5.56. The minimum atomic E-state index is -4.45. The number of nitrogens with two attached hydrogens (primary N) is 1. The molecule has 0 unspecified atom stereocenters. The van der Waals surface area contributed by atoms with Gasteiger partial charge in [-0.15, -0.1) is 0 Å². The van der Waals surface area contributed by atoms with Gasteiger partial charge >= 0.3 is 6.18 Å². The second kappa shape index (κ2) is 7.27. The highest BCUT2D eigenvalue weighted by atomic mass is 19.4. The Kier molecular flexibility index (Phi) is 4.60. The smallest absolute Gasteiger partial charge is 0.270 e. The minimum Gasteiger partial charge on any atom is -0.270 e. The summed E-state index contributed by atoms with van der Waals surface area (Å²) in [5, 5.41) is 11.3. The molecule has 5 aromatic rings. The van der Waals surface area contributed by atoms with Crippen LogP contribution in [-0.2, 0) is 19.8 Å². The molecule has 1 amide bonds. The molecular formula is C22H18F3N7O. The molecule has 0 aliphatic rings. The summed E-state index contributed by atoms with van der Waals surface area (Å²) in [6.07, 6.45) is -1.48. The lowest BCUT2D eigenvalue weighted by molar-refractivity contribution is -0.137. The number of benzene rings is 1. The molecule has 168 valence electrons. The van der Waals surface area contributed by atoms with Gasteiger partial charge in [0.2, 0.25) is 0 Å². The van der Waals surface area contributed by atoms with E-state index >= 15 is 0 Å². The van der Waals surface area contributed by atoms with E-state index in [9.17, 15) is 18.0 Å². The maximum Gasteiger partial charge on any atom is 0.416 e. The number of rotatable bonds is 3. The first kappa shape index (κ1) is 20.9. The molecule has 0 radical (unpaired) electrons. The highest BCUT2D eigenvalue weighted by molar-refractivity contribution is 6.07. The number of pyridine rings is 2. The van der Waals surface area contributed by atoms with Gasteiger partial charge in [0.1, 0.15) is 0 Å². The molecule has 11 heteroatoms. The van der Waals surface area contributed by atoms with Crippen molar-refractivity contribution in [1.29, 1.82) is 0 Å². The van der Waals surface area contributed by atoms with E-state index in [4.69, 9.17) is 5.84 Å². The monoisotopic (exact) mass is 453 g/mol. The lowest BCUT2D eigenvalue weighted by Gasteiger charge is -2.15. The Hall–Kier alpha value is -3.99. The minimum absolute atomic E-state index is 0.0762. The van der Waals surface area contributed by atoms with Crippen LogP contribution in [0.15, 0.2) is 48.8 Å². The number of halogens is 3. The van der Waals surface area contributed by atoms with E-state index in [0.717, 1.165) is 39.1 Å². The van der Waals surface area contributed by atoms with Crippen molar-refractivity contribution in [3.05, 3.63) is 71.3 Å². The number of aryl methyl sites for hydroxylation is 2. The van der Waals surface area contributed by atoms with Gasteiger partial charge < -0.3 is 0 Å². The van der Waals surface area contributed by atoms with Crippen LogP contribution in [0.3, 0.4) is 0 Å². The number of aromatic nitrogens is 5. The first-order valence-corrected chi connectivity index (χ1v) is 9.96. The molecular weight excluding hydrogens is 435 g/mol. The average molecular weight is 453 g/mol. The summed E-state index contributed by atoms with van der Waals surface area (Å²) in [6.45, 7) is 1.81. The zero-order valence-electron chi connectivity index (χ0n) is 17.6. The van der Waals surface area contributed by atoms with Crippen LogP contribution in [0.5, 0.6) is 0 Å². The first-order chi connectivity index (χ1) is 15.6. The molecule has 5 rings (SSSR count). The van der Waals surface area contributed by atoms with E-state index in [1.807, 2.05) is 14.0 Å². The molecule has 0 atom stereocenters. The lowest BCUT2D eigenvalue weighted by atomic mass is 10.1. The van der Waals surface area contributed by atoms with Crippen LogP contribution in [0, 0.1) is 6.92 Å². The molecule has 0 aliphatic heterocycles. The number of hydrogen-bond donors (Lipinski definition) is 1. The van der Waals surface area contributed by atoms with Crippen molar-refractivity contribution in [2.24, 2.45) is 12.9 Å². The summed E-state index contributed by atoms with van der Waals surface area (Å²) in [4.78, 5) is 17.4. The van der Waals surface area contributed by atoms with Gasteiger partial charge in [-0.3, -0.25) is 19.5 Å². The maximum atomic E-state index is 13.0. The van der Waals surface area contributed by atoms with Crippen molar-refractivity contribution in [3.63, 3.8) is 0 Å². The van der Waals surface area contributed by atoms with Crippen LogP contribution in [0.2, 0.25) is 0 Å². The zero-order valence-corrected chi connectivity index (χ0v) is 17.6. The number of hydrogen-bond acceptors (Lipinski definition) is 5. The molecule has 8 nitrogen and oxygen atoms in total. The van der Waals surface area contributed by atoms with Gasteiger partial charge in [-0.25, -0.2) is 10.4 Å². The van der Waals surface area contributed by atoms with E-state index in [1.165, 1.54) is 16.8 Å². The van der Waals surface area contributed by atoms with Crippen molar-refractivity contribution >= 4 is 33.2 Å². The molecule has 0 fully saturated rings. The van der Waals surface area contributed by atoms with Crippen molar-refractivity contribution in [2.45, 2.75) is 19.6 Å². The number of carbonyl (C=O) groups excluding carboxylic acids is 1. The van der Waals surface area contributed by atoms with Crippen molar-refractivity contribution in [1.82, 2.24) is 29.4 Å². The predicted octanol–water partition coefficient (Wildman–Crippen LogP) is 3.61. The largest absolute Gasteiger partial charge is 0.416 e. The van der Waals surface area contributed by atoms with Gasteiger partial charge in [-0.2, -0.15) is 23.4 Å². The second-order valence-electron chi connectivity index (χ2n) is 7.81. The molecule has 0 bridgehead atoms. The quantitative estimate of drug-likeness (QED) is 0.256. The van der Waals surface area contributed by atoms with Gasteiger partial charge in [0.05, 0.1) is 40.0 Å². The van der Waals surface area contributed by atoms with Crippen LogP contribution in [0.1, 0.15) is 27.3 Å². The van der Waals surface area contributed by atoms with Crippen LogP contribution in [0.4, 0.5) is 13.2 Å². The van der Waals surface area contributed by atoms with Gasteiger partial charge in [0.15, 0.2) is 0 Å². The molecule has 2 N–H and O–H groups in total. The number of alkyl halides is 3. The number of amides is 1. The number of carbonyl (C=O) groups is 1. The maximum absolute atomic E-state index is 13.0. The van der Waals surface area contributed by atoms with Crippen LogP contribution in [-0.4, -0.2) is 35.3 Å². The highest BCUT2D eigenvalue weighted by Crippen LogP contribution is 2.30. The van der Waals surface area contributed by atoms with E-state index in [0.29, 0.717) is 16.8 Å². The number of fused-ring (bicyclic) bond motifs is 4. The van der Waals surface area contributed by atoms with Crippen molar-refractivity contribution < 1.29 is 18.0 Å². The van der Waals surface area contributed by atoms with Gasteiger partial charge in [-0.05, 0) is 43.3 Å². The fraction of sp³-hybridized carbons (Fsp3) is 0.182. The van der Waals surface area contributed by atoms with E-state index in [-0.39, 0.29) is 12.1 Å². The topological polar surface area (TPSA) is 94.3 Å². The zero-order chi connectivity index (χ0) is 23.5. The second-order valence-corrected chi connectivity index (χ2v) is 7.81. The third kappa shape index (κ3) is 3.55.